The maximum atomic E-state index is 5.52. The first kappa shape index (κ1) is 14.9. The number of thiocarbonyl (C=S) groups is 1. The first-order chi connectivity index (χ1) is 9.65. The maximum Gasteiger partial charge on any atom is 0.187 e. The molecule has 20 heavy (non-hydrogen) atoms. The SMILES string of the molecule is Cc1ccc(C)c(/C=N\NC(=S)NC[C@@H]2CCCO2)c1. The van der Waals surface area contributed by atoms with Gasteiger partial charge in [0, 0.05) is 13.2 Å². The molecule has 0 amide bonds. The van der Waals surface area contributed by atoms with Crippen LogP contribution in [0.5, 0.6) is 0 Å². The second-order valence-corrected chi connectivity index (χ2v) is 5.48. The molecule has 0 radical (unpaired) electrons. The minimum absolute atomic E-state index is 0.276. The molecule has 0 bridgehead atoms. The normalized spacial score (nSPS) is 18.4. The van der Waals surface area contributed by atoms with Crippen molar-refractivity contribution in [1.29, 1.82) is 0 Å². The molecule has 0 spiro atoms. The predicted octanol–water partition coefficient (Wildman–Crippen LogP) is 2.28. The van der Waals surface area contributed by atoms with Gasteiger partial charge in [-0.05, 0) is 50.0 Å². The third kappa shape index (κ3) is 4.58. The molecule has 2 rings (SSSR count). The first-order valence-electron chi connectivity index (χ1n) is 6.91. The molecule has 0 unspecified atom stereocenters. The van der Waals surface area contributed by atoms with Crippen LogP contribution in [0.3, 0.4) is 0 Å². The molecule has 1 saturated heterocycles. The largest absolute Gasteiger partial charge is 0.376 e. The summed E-state index contributed by atoms with van der Waals surface area (Å²) in [5.41, 5.74) is 6.35. The van der Waals surface area contributed by atoms with Crippen molar-refractivity contribution in [2.75, 3.05) is 13.2 Å². The molecule has 1 fully saturated rings. The number of aryl methyl sites for hydroxylation is 2. The van der Waals surface area contributed by atoms with Gasteiger partial charge < -0.3 is 10.1 Å². The summed E-state index contributed by atoms with van der Waals surface area (Å²) in [5, 5.41) is 7.82. The van der Waals surface area contributed by atoms with Gasteiger partial charge in [-0.3, -0.25) is 5.43 Å². The molecule has 1 atom stereocenters. The number of hydrazone groups is 1. The van der Waals surface area contributed by atoms with Gasteiger partial charge in [0.2, 0.25) is 0 Å². The highest BCUT2D eigenvalue weighted by molar-refractivity contribution is 7.80. The van der Waals surface area contributed by atoms with Crippen LogP contribution in [0.25, 0.3) is 0 Å². The highest BCUT2D eigenvalue weighted by Gasteiger charge is 2.14. The van der Waals surface area contributed by atoms with E-state index in [1.165, 1.54) is 11.1 Å². The van der Waals surface area contributed by atoms with Gasteiger partial charge in [-0.25, -0.2) is 0 Å². The number of hydrogen-bond acceptors (Lipinski definition) is 3. The minimum Gasteiger partial charge on any atom is -0.376 e. The topological polar surface area (TPSA) is 45.7 Å². The molecule has 0 saturated carbocycles. The maximum absolute atomic E-state index is 5.52. The van der Waals surface area contributed by atoms with Crippen LogP contribution in [0, 0.1) is 13.8 Å². The van der Waals surface area contributed by atoms with E-state index in [4.69, 9.17) is 17.0 Å². The van der Waals surface area contributed by atoms with Crippen LogP contribution >= 0.6 is 12.2 Å². The molecule has 108 valence electrons. The van der Waals surface area contributed by atoms with Gasteiger partial charge in [-0.15, -0.1) is 0 Å². The summed E-state index contributed by atoms with van der Waals surface area (Å²) in [6, 6.07) is 6.28. The molecule has 4 nitrogen and oxygen atoms in total. The fourth-order valence-electron chi connectivity index (χ4n) is 2.11. The monoisotopic (exact) mass is 291 g/mol. The zero-order valence-electron chi connectivity index (χ0n) is 12.0. The Morgan fingerprint density at radius 3 is 3.10 bits per heavy atom. The Balaban J connectivity index is 1.77. The van der Waals surface area contributed by atoms with Crippen molar-refractivity contribution in [2.45, 2.75) is 32.8 Å². The Hall–Kier alpha value is -1.46. The summed E-state index contributed by atoms with van der Waals surface area (Å²) in [4.78, 5) is 0. The number of ether oxygens (including phenoxy) is 1. The fraction of sp³-hybridized carbons (Fsp3) is 0.467. The summed E-state index contributed by atoms with van der Waals surface area (Å²) in [7, 11) is 0. The molecule has 0 aromatic heterocycles. The third-order valence-electron chi connectivity index (χ3n) is 3.32. The smallest absolute Gasteiger partial charge is 0.187 e. The van der Waals surface area contributed by atoms with Crippen molar-refractivity contribution in [1.82, 2.24) is 10.7 Å². The number of hydrogen-bond donors (Lipinski definition) is 2. The average Bonchev–Trinajstić information content (AvgIpc) is 2.93. The van der Waals surface area contributed by atoms with Crippen molar-refractivity contribution in [3.63, 3.8) is 0 Å². The lowest BCUT2D eigenvalue weighted by Gasteiger charge is -2.11. The molecule has 0 aliphatic carbocycles. The highest BCUT2D eigenvalue weighted by Crippen LogP contribution is 2.10. The van der Waals surface area contributed by atoms with Crippen LogP contribution in [0.15, 0.2) is 23.3 Å². The van der Waals surface area contributed by atoms with Crippen molar-refractivity contribution < 1.29 is 4.74 Å². The lowest BCUT2D eigenvalue weighted by Crippen LogP contribution is -2.37. The summed E-state index contributed by atoms with van der Waals surface area (Å²) in [6.45, 7) is 5.73. The summed E-state index contributed by atoms with van der Waals surface area (Å²) in [5.74, 6) is 0. The van der Waals surface area contributed by atoms with Crippen LogP contribution in [0.4, 0.5) is 0 Å². The van der Waals surface area contributed by atoms with E-state index in [1.54, 1.807) is 6.21 Å². The Kier molecular flexibility index (Phi) is 5.49. The Labute approximate surface area is 125 Å². The van der Waals surface area contributed by atoms with Gasteiger partial charge >= 0.3 is 0 Å². The lowest BCUT2D eigenvalue weighted by atomic mass is 10.1. The second kappa shape index (κ2) is 7.36. The number of nitrogens with one attached hydrogen (secondary N) is 2. The van der Waals surface area contributed by atoms with Crippen LogP contribution < -0.4 is 10.7 Å². The Morgan fingerprint density at radius 2 is 2.35 bits per heavy atom. The van der Waals surface area contributed by atoms with Gasteiger partial charge in [0.25, 0.3) is 0 Å². The van der Waals surface area contributed by atoms with E-state index in [2.05, 4.69) is 47.9 Å². The van der Waals surface area contributed by atoms with Crippen LogP contribution in [-0.4, -0.2) is 30.6 Å². The Morgan fingerprint density at radius 1 is 1.50 bits per heavy atom. The summed E-state index contributed by atoms with van der Waals surface area (Å²) >= 11 is 5.17. The molecular weight excluding hydrogens is 270 g/mol. The molecule has 1 aromatic carbocycles. The lowest BCUT2D eigenvalue weighted by molar-refractivity contribution is 0.114. The van der Waals surface area contributed by atoms with Crippen LogP contribution in [0.1, 0.15) is 29.5 Å². The van der Waals surface area contributed by atoms with Crippen LogP contribution in [0.2, 0.25) is 0 Å². The van der Waals surface area contributed by atoms with Gasteiger partial charge in [0.15, 0.2) is 5.11 Å². The van der Waals surface area contributed by atoms with Crippen molar-refractivity contribution in [2.24, 2.45) is 5.10 Å². The number of rotatable bonds is 4. The van der Waals surface area contributed by atoms with Gasteiger partial charge in [-0.2, -0.15) is 5.10 Å². The van der Waals surface area contributed by atoms with E-state index in [9.17, 15) is 0 Å². The molecule has 1 aliphatic rings. The van der Waals surface area contributed by atoms with Gasteiger partial charge in [0.1, 0.15) is 0 Å². The quantitative estimate of drug-likeness (QED) is 0.507. The van der Waals surface area contributed by atoms with E-state index in [0.717, 1.165) is 31.6 Å². The van der Waals surface area contributed by atoms with Crippen LogP contribution in [-0.2, 0) is 4.74 Å². The molecule has 1 aliphatic heterocycles. The third-order valence-corrected chi connectivity index (χ3v) is 3.55. The molecule has 1 aromatic rings. The molecule has 5 heteroatoms. The molecule has 1 heterocycles. The standard InChI is InChI=1S/C15H21N3OS/c1-11-5-6-12(2)13(8-11)9-17-18-15(20)16-10-14-4-3-7-19-14/h5-6,8-9,14H,3-4,7,10H2,1-2H3,(H2,16,18,20)/b17-9-/t14-/m0/s1. The molecule has 2 N–H and O–H groups in total. The number of benzene rings is 1. The average molecular weight is 291 g/mol. The highest BCUT2D eigenvalue weighted by atomic mass is 32.1. The second-order valence-electron chi connectivity index (χ2n) is 5.08. The van der Waals surface area contributed by atoms with E-state index in [0.29, 0.717) is 5.11 Å². The number of nitrogens with zero attached hydrogens (tertiary/aromatic N) is 1. The Bertz CT molecular complexity index is 496. The van der Waals surface area contributed by atoms with Crippen molar-refractivity contribution in [3.8, 4) is 0 Å². The summed E-state index contributed by atoms with van der Waals surface area (Å²) < 4.78 is 5.52. The zero-order valence-corrected chi connectivity index (χ0v) is 12.8. The van der Waals surface area contributed by atoms with Gasteiger partial charge in [0.05, 0.1) is 12.3 Å². The van der Waals surface area contributed by atoms with E-state index in [-0.39, 0.29) is 6.10 Å². The first-order valence-corrected chi connectivity index (χ1v) is 7.32. The van der Waals surface area contributed by atoms with Crippen molar-refractivity contribution >= 4 is 23.5 Å². The fourth-order valence-corrected chi connectivity index (χ4v) is 2.25. The van der Waals surface area contributed by atoms with Crippen molar-refractivity contribution in [3.05, 3.63) is 34.9 Å². The van der Waals surface area contributed by atoms with E-state index >= 15 is 0 Å². The molecular formula is C15H21N3OS. The van der Waals surface area contributed by atoms with E-state index < -0.39 is 0 Å². The van der Waals surface area contributed by atoms with E-state index in [1.807, 2.05) is 0 Å². The van der Waals surface area contributed by atoms with Gasteiger partial charge in [-0.1, -0.05) is 23.8 Å². The zero-order chi connectivity index (χ0) is 14.4. The predicted molar refractivity (Wildman–Crippen MR) is 86.2 cm³/mol. The summed E-state index contributed by atoms with van der Waals surface area (Å²) in [6.07, 6.45) is 4.30. The minimum atomic E-state index is 0.276.